The zero-order valence-corrected chi connectivity index (χ0v) is 14.8. The van der Waals surface area contributed by atoms with Crippen molar-refractivity contribution in [1.29, 1.82) is 0 Å². The summed E-state index contributed by atoms with van der Waals surface area (Å²) in [4.78, 5) is 12.3. The van der Waals surface area contributed by atoms with Crippen LogP contribution >= 0.6 is 11.6 Å². The standard InChI is InChI=1S/C21H18ClFN2O/c22-17-11-12-19(18(23)13-17)25-20(26)14-24-21(15-7-3-1-4-8-15)16-9-5-2-6-10-16/h1-13,21,24H,14H2,(H,25,26)/p+1. The highest BCUT2D eigenvalue weighted by atomic mass is 35.5. The fourth-order valence-electron chi connectivity index (χ4n) is 2.80. The number of hydrogen-bond acceptors (Lipinski definition) is 1. The first-order chi connectivity index (χ1) is 12.6. The molecule has 0 spiro atoms. The lowest BCUT2D eigenvalue weighted by Gasteiger charge is -2.16. The van der Waals surface area contributed by atoms with Crippen LogP contribution in [0, 0.1) is 5.82 Å². The molecule has 3 N–H and O–H groups in total. The topological polar surface area (TPSA) is 45.7 Å². The van der Waals surface area contributed by atoms with Crippen molar-refractivity contribution in [3.8, 4) is 0 Å². The number of carbonyl (C=O) groups excluding carboxylic acids is 1. The van der Waals surface area contributed by atoms with Crippen LogP contribution in [-0.4, -0.2) is 12.5 Å². The van der Waals surface area contributed by atoms with E-state index in [1.807, 2.05) is 66.0 Å². The molecule has 3 nitrogen and oxygen atoms in total. The van der Waals surface area contributed by atoms with Crippen LogP contribution in [0.1, 0.15) is 17.2 Å². The smallest absolute Gasteiger partial charge is 0.279 e. The maximum atomic E-state index is 13.8. The molecule has 0 radical (unpaired) electrons. The Bertz CT molecular complexity index is 832. The van der Waals surface area contributed by atoms with Gasteiger partial charge in [0.1, 0.15) is 11.9 Å². The first kappa shape index (κ1) is 18.1. The Balaban J connectivity index is 1.71. The van der Waals surface area contributed by atoms with Crippen LogP contribution in [0.2, 0.25) is 5.02 Å². The molecule has 3 aromatic carbocycles. The normalized spacial score (nSPS) is 10.7. The first-order valence-electron chi connectivity index (χ1n) is 8.31. The van der Waals surface area contributed by atoms with Crippen LogP contribution in [0.3, 0.4) is 0 Å². The second-order valence-corrected chi connectivity index (χ2v) is 6.35. The van der Waals surface area contributed by atoms with Gasteiger partial charge in [0.25, 0.3) is 5.91 Å². The number of nitrogens with two attached hydrogens (primary N) is 1. The lowest BCUT2D eigenvalue weighted by atomic mass is 9.99. The van der Waals surface area contributed by atoms with E-state index < -0.39 is 5.82 Å². The molecule has 0 fully saturated rings. The van der Waals surface area contributed by atoms with E-state index in [1.54, 1.807) is 6.07 Å². The molecule has 0 bridgehead atoms. The number of carbonyl (C=O) groups is 1. The third-order valence-electron chi connectivity index (χ3n) is 4.06. The number of hydrogen-bond donors (Lipinski definition) is 2. The minimum Gasteiger partial charge on any atom is -0.328 e. The molecule has 0 heterocycles. The molecular weight excluding hydrogens is 351 g/mol. The maximum absolute atomic E-state index is 13.8. The number of halogens is 2. The zero-order valence-electron chi connectivity index (χ0n) is 14.0. The number of anilines is 1. The summed E-state index contributed by atoms with van der Waals surface area (Å²) in [5.74, 6) is -0.823. The Morgan fingerprint density at radius 3 is 2.08 bits per heavy atom. The summed E-state index contributed by atoms with van der Waals surface area (Å²) in [5.41, 5.74) is 2.33. The summed E-state index contributed by atoms with van der Waals surface area (Å²) in [6, 6.07) is 24.1. The summed E-state index contributed by atoms with van der Waals surface area (Å²) >= 11 is 5.73. The van der Waals surface area contributed by atoms with Gasteiger partial charge in [-0.1, -0.05) is 72.3 Å². The summed E-state index contributed by atoms with van der Waals surface area (Å²) < 4.78 is 13.8. The van der Waals surface area contributed by atoms with Gasteiger partial charge in [0, 0.05) is 16.1 Å². The third kappa shape index (κ3) is 4.69. The molecule has 26 heavy (non-hydrogen) atoms. The lowest BCUT2D eigenvalue weighted by Crippen LogP contribution is -2.87. The van der Waals surface area contributed by atoms with E-state index in [0.717, 1.165) is 11.1 Å². The van der Waals surface area contributed by atoms with Crippen molar-refractivity contribution in [2.45, 2.75) is 6.04 Å². The fourth-order valence-corrected chi connectivity index (χ4v) is 2.96. The monoisotopic (exact) mass is 369 g/mol. The molecule has 0 aliphatic rings. The second kappa shape index (κ2) is 8.61. The molecule has 3 rings (SSSR count). The zero-order chi connectivity index (χ0) is 18.4. The number of amides is 1. The van der Waals surface area contributed by atoms with E-state index in [9.17, 15) is 9.18 Å². The average Bonchev–Trinajstić information content (AvgIpc) is 2.66. The molecule has 0 atom stereocenters. The number of nitrogens with one attached hydrogen (secondary N) is 1. The van der Waals surface area contributed by atoms with Crippen molar-refractivity contribution in [3.05, 3.63) is 101 Å². The summed E-state index contributed by atoms with van der Waals surface area (Å²) in [6.07, 6.45) is 0. The summed E-state index contributed by atoms with van der Waals surface area (Å²) in [7, 11) is 0. The highest BCUT2D eigenvalue weighted by Crippen LogP contribution is 2.19. The maximum Gasteiger partial charge on any atom is 0.279 e. The van der Waals surface area contributed by atoms with E-state index in [2.05, 4.69) is 5.32 Å². The van der Waals surface area contributed by atoms with Crippen LogP contribution < -0.4 is 10.6 Å². The molecule has 3 aromatic rings. The van der Waals surface area contributed by atoms with Gasteiger partial charge < -0.3 is 10.6 Å². The predicted molar refractivity (Wildman–Crippen MR) is 102 cm³/mol. The molecule has 0 saturated heterocycles. The molecule has 132 valence electrons. The van der Waals surface area contributed by atoms with Crippen molar-refractivity contribution >= 4 is 23.2 Å². The Morgan fingerprint density at radius 1 is 0.962 bits per heavy atom. The summed E-state index contributed by atoms with van der Waals surface area (Å²) in [5, 5.41) is 4.82. The number of benzene rings is 3. The Kier molecular flexibility index (Phi) is 6.00. The van der Waals surface area contributed by atoms with Gasteiger partial charge in [-0.25, -0.2) is 4.39 Å². The van der Waals surface area contributed by atoms with Gasteiger partial charge in [0.05, 0.1) is 5.69 Å². The highest BCUT2D eigenvalue weighted by Gasteiger charge is 2.19. The first-order valence-corrected chi connectivity index (χ1v) is 8.69. The van der Waals surface area contributed by atoms with E-state index in [1.165, 1.54) is 12.1 Å². The molecule has 5 heteroatoms. The van der Waals surface area contributed by atoms with Crippen molar-refractivity contribution in [2.75, 3.05) is 11.9 Å². The predicted octanol–water partition coefficient (Wildman–Crippen LogP) is 3.77. The molecule has 0 saturated carbocycles. The van der Waals surface area contributed by atoms with Crippen molar-refractivity contribution in [2.24, 2.45) is 0 Å². The van der Waals surface area contributed by atoms with Crippen LogP contribution in [0.5, 0.6) is 0 Å². The number of rotatable bonds is 6. The summed E-state index contributed by atoms with van der Waals surface area (Å²) in [6.45, 7) is 0.163. The largest absolute Gasteiger partial charge is 0.328 e. The van der Waals surface area contributed by atoms with Gasteiger partial charge in [0.15, 0.2) is 6.54 Å². The van der Waals surface area contributed by atoms with Gasteiger partial charge in [-0.05, 0) is 18.2 Å². The van der Waals surface area contributed by atoms with E-state index in [4.69, 9.17) is 11.6 Å². The average molecular weight is 370 g/mol. The van der Waals surface area contributed by atoms with Crippen LogP contribution in [0.4, 0.5) is 10.1 Å². The molecule has 0 unspecified atom stereocenters. The van der Waals surface area contributed by atoms with E-state index in [0.29, 0.717) is 5.02 Å². The molecular formula is C21H19ClFN2O+. The number of quaternary nitrogens is 1. The minimum absolute atomic E-state index is 0.0155. The third-order valence-corrected chi connectivity index (χ3v) is 4.30. The lowest BCUT2D eigenvalue weighted by molar-refractivity contribution is -0.676. The Hall–Kier alpha value is -2.69. The van der Waals surface area contributed by atoms with Gasteiger partial charge in [-0.3, -0.25) is 4.79 Å². The SMILES string of the molecule is O=C(C[NH2+]C(c1ccccc1)c1ccccc1)Nc1ccc(Cl)cc1F. The van der Waals surface area contributed by atoms with Gasteiger partial charge in [0.2, 0.25) is 0 Å². The van der Waals surface area contributed by atoms with E-state index >= 15 is 0 Å². The highest BCUT2D eigenvalue weighted by molar-refractivity contribution is 6.30. The second-order valence-electron chi connectivity index (χ2n) is 5.91. The van der Waals surface area contributed by atoms with Crippen molar-refractivity contribution in [1.82, 2.24) is 0 Å². The molecule has 0 aliphatic heterocycles. The van der Waals surface area contributed by atoms with Crippen LogP contribution in [0.15, 0.2) is 78.9 Å². The fraction of sp³-hybridized carbons (Fsp3) is 0.0952. The quantitative estimate of drug-likeness (QED) is 0.682. The van der Waals surface area contributed by atoms with Crippen molar-refractivity contribution in [3.63, 3.8) is 0 Å². The molecule has 1 amide bonds. The van der Waals surface area contributed by atoms with Crippen LogP contribution in [0.25, 0.3) is 0 Å². The van der Waals surface area contributed by atoms with Crippen molar-refractivity contribution < 1.29 is 14.5 Å². The van der Waals surface area contributed by atoms with Gasteiger partial charge >= 0.3 is 0 Å². The molecule has 0 aromatic heterocycles. The van der Waals surface area contributed by atoms with E-state index in [-0.39, 0.29) is 24.2 Å². The Morgan fingerprint density at radius 2 is 1.54 bits per heavy atom. The molecule has 0 aliphatic carbocycles. The Labute approximate surface area is 156 Å². The van der Waals surface area contributed by atoms with Gasteiger partial charge in [-0.15, -0.1) is 0 Å². The van der Waals surface area contributed by atoms with Crippen LogP contribution in [-0.2, 0) is 4.79 Å². The van der Waals surface area contributed by atoms with Gasteiger partial charge in [-0.2, -0.15) is 0 Å². The minimum atomic E-state index is -0.548.